The third kappa shape index (κ3) is 5.64. The number of hydrogen-bond donors (Lipinski definition) is 1. The summed E-state index contributed by atoms with van der Waals surface area (Å²) in [5, 5.41) is 3.68. The van der Waals surface area contributed by atoms with Gasteiger partial charge in [0, 0.05) is 12.6 Å². The predicted octanol–water partition coefficient (Wildman–Crippen LogP) is 4.19. The van der Waals surface area contributed by atoms with Gasteiger partial charge in [0.25, 0.3) is 0 Å². The van der Waals surface area contributed by atoms with Crippen LogP contribution in [0.3, 0.4) is 0 Å². The first kappa shape index (κ1) is 17.2. The van der Waals surface area contributed by atoms with Crippen LogP contribution in [0.15, 0.2) is 24.3 Å². The molecule has 1 aromatic rings. The van der Waals surface area contributed by atoms with Gasteiger partial charge in [0.1, 0.15) is 0 Å². The molecule has 2 heteroatoms. The van der Waals surface area contributed by atoms with E-state index in [1.165, 1.54) is 24.0 Å². The Labute approximate surface area is 125 Å². The molecule has 0 saturated carbocycles. The third-order valence-corrected chi connectivity index (χ3v) is 3.75. The van der Waals surface area contributed by atoms with Crippen molar-refractivity contribution in [1.29, 1.82) is 0 Å². The number of nitrogens with one attached hydrogen (secondary N) is 1. The standard InChI is InChI=1S/C18H32N2/c1-6-12-19-18(14-20(5)13-7-2)17-10-8-16(9-11-17)15(3)4/h8-11,15,18-19H,6-7,12-14H2,1-5H3. The largest absolute Gasteiger partial charge is 0.309 e. The Hall–Kier alpha value is -0.860. The molecular formula is C18H32N2. The van der Waals surface area contributed by atoms with Crippen molar-refractivity contribution in [2.45, 2.75) is 52.5 Å². The summed E-state index contributed by atoms with van der Waals surface area (Å²) < 4.78 is 0. The normalized spacial score (nSPS) is 13.2. The molecule has 0 fully saturated rings. The summed E-state index contributed by atoms with van der Waals surface area (Å²) >= 11 is 0. The first-order chi connectivity index (χ1) is 9.58. The van der Waals surface area contributed by atoms with Crippen LogP contribution < -0.4 is 5.32 Å². The Bertz CT molecular complexity index is 356. The fourth-order valence-electron chi connectivity index (χ4n) is 2.50. The highest BCUT2D eigenvalue weighted by molar-refractivity contribution is 5.27. The molecule has 1 rings (SSSR count). The molecule has 0 saturated heterocycles. The second-order valence-corrected chi connectivity index (χ2v) is 6.09. The van der Waals surface area contributed by atoms with Crippen molar-refractivity contribution >= 4 is 0 Å². The fourth-order valence-corrected chi connectivity index (χ4v) is 2.50. The van der Waals surface area contributed by atoms with Crippen molar-refractivity contribution in [3.8, 4) is 0 Å². The number of rotatable bonds is 9. The molecule has 1 unspecified atom stereocenters. The Morgan fingerprint density at radius 3 is 2.10 bits per heavy atom. The second kappa shape index (κ2) is 9.15. The van der Waals surface area contributed by atoms with Crippen LogP contribution in [-0.2, 0) is 0 Å². The Kier molecular flexibility index (Phi) is 7.86. The summed E-state index contributed by atoms with van der Waals surface area (Å²) in [6.07, 6.45) is 2.39. The van der Waals surface area contributed by atoms with E-state index in [0.29, 0.717) is 12.0 Å². The van der Waals surface area contributed by atoms with Crippen LogP contribution >= 0.6 is 0 Å². The molecule has 0 aromatic heterocycles. The van der Waals surface area contributed by atoms with E-state index in [1.807, 2.05) is 0 Å². The maximum Gasteiger partial charge on any atom is 0.0449 e. The lowest BCUT2D eigenvalue weighted by atomic mass is 9.98. The lowest BCUT2D eigenvalue weighted by molar-refractivity contribution is 0.291. The quantitative estimate of drug-likeness (QED) is 0.727. The van der Waals surface area contributed by atoms with Crippen LogP contribution in [0.2, 0.25) is 0 Å². The maximum atomic E-state index is 3.68. The minimum absolute atomic E-state index is 0.438. The van der Waals surface area contributed by atoms with Gasteiger partial charge in [-0.05, 0) is 50.0 Å². The van der Waals surface area contributed by atoms with Crippen LogP contribution in [0.4, 0.5) is 0 Å². The Morgan fingerprint density at radius 2 is 1.60 bits per heavy atom. The smallest absolute Gasteiger partial charge is 0.0449 e. The number of benzene rings is 1. The molecule has 1 N–H and O–H groups in total. The molecule has 0 aliphatic heterocycles. The lowest BCUT2D eigenvalue weighted by Gasteiger charge is -2.25. The molecular weight excluding hydrogens is 244 g/mol. The summed E-state index contributed by atoms with van der Waals surface area (Å²) in [6.45, 7) is 12.3. The van der Waals surface area contributed by atoms with Crippen LogP contribution in [-0.4, -0.2) is 31.6 Å². The van der Waals surface area contributed by atoms with E-state index in [-0.39, 0.29) is 0 Å². The molecule has 0 radical (unpaired) electrons. The summed E-state index contributed by atoms with van der Waals surface area (Å²) in [5.41, 5.74) is 2.83. The van der Waals surface area contributed by atoms with E-state index in [0.717, 1.165) is 19.6 Å². The summed E-state index contributed by atoms with van der Waals surface area (Å²) in [7, 11) is 2.21. The van der Waals surface area contributed by atoms with E-state index in [1.54, 1.807) is 0 Å². The van der Waals surface area contributed by atoms with Crippen LogP contribution in [0, 0.1) is 0 Å². The van der Waals surface area contributed by atoms with Gasteiger partial charge < -0.3 is 10.2 Å². The van der Waals surface area contributed by atoms with Crippen molar-refractivity contribution in [3.05, 3.63) is 35.4 Å². The highest BCUT2D eigenvalue weighted by Gasteiger charge is 2.13. The van der Waals surface area contributed by atoms with Gasteiger partial charge in [-0.15, -0.1) is 0 Å². The number of nitrogens with zero attached hydrogens (tertiary/aromatic N) is 1. The molecule has 114 valence electrons. The highest BCUT2D eigenvalue weighted by atomic mass is 15.1. The monoisotopic (exact) mass is 276 g/mol. The zero-order valence-electron chi connectivity index (χ0n) is 13.9. The zero-order valence-corrected chi connectivity index (χ0v) is 13.9. The van der Waals surface area contributed by atoms with Gasteiger partial charge in [0.05, 0.1) is 0 Å². The highest BCUT2D eigenvalue weighted by Crippen LogP contribution is 2.19. The molecule has 1 aromatic carbocycles. The zero-order chi connectivity index (χ0) is 15.0. The van der Waals surface area contributed by atoms with Crippen molar-refractivity contribution in [2.24, 2.45) is 0 Å². The molecule has 0 heterocycles. The lowest BCUT2D eigenvalue weighted by Crippen LogP contribution is -2.33. The van der Waals surface area contributed by atoms with Crippen LogP contribution in [0.1, 0.15) is 63.6 Å². The molecule has 1 atom stereocenters. The minimum Gasteiger partial charge on any atom is -0.309 e. The predicted molar refractivity (Wildman–Crippen MR) is 89.4 cm³/mol. The average Bonchev–Trinajstić information content (AvgIpc) is 2.44. The molecule has 0 aliphatic rings. The first-order valence-electron chi connectivity index (χ1n) is 8.10. The van der Waals surface area contributed by atoms with Crippen molar-refractivity contribution in [2.75, 3.05) is 26.7 Å². The summed E-state index contributed by atoms with van der Waals surface area (Å²) in [6, 6.07) is 9.58. The van der Waals surface area contributed by atoms with E-state index in [9.17, 15) is 0 Å². The van der Waals surface area contributed by atoms with Crippen molar-refractivity contribution in [1.82, 2.24) is 10.2 Å². The number of hydrogen-bond acceptors (Lipinski definition) is 2. The Morgan fingerprint density at radius 1 is 1.00 bits per heavy atom. The van der Waals surface area contributed by atoms with Gasteiger partial charge in [-0.25, -0.2) is 0 Å². The maximum absolute atomic E-state index is 3.68. The van der Waals surface area contributed by atoms with Crippen molar-refractivity contribution < 1.29 is 0 Å². The van der Waals surface area contributed by atoms with Crippen molar-refractivity contribution in [3.63, 3.8) is 0 Å². The topological polar surface area (TPSA) is 15.3 Å². The summed E-state index contributed by atoms with van der Waals surface area (Å²) in [5.74, 6) is 0.605. The second-order valence-electron chi connectivity index (χ2n) is 6.09. The first-order valence-corrected chi connectivity index (χ1v) is 8.10. The number of likely N-dealkylation sites (N-methyl/N-ethyl adjacent to an activating group) is 1. The van der Waals surface area contributed by atoms with Gasteiger partial charge in [-0.3, -0.25) is 0 Å². The third-order valence-electron chi connectivity index (χ3n) is 3.75. The molecule has 0 aliphatic carbocycles. The van der Waals surface area contributed by atoms with E-state index in [2.05, 4.69) is 69.2 Å². The Balaban J connectivity index is 2.75. The van der Waals surface area contributed by atoms with Gasteiger partial charge in [0.2, 0.25) is 0 Å². The van der Waals surface area contributed by atoms with E-state index < -0.39 is 0 Å². The van der Waals surface area contributed by atoms with Gasteiger partial charge >= 0.3 is 0 Å². The van der Waals surface area contributed by atoms with Crippen LogP contribution in [0.5, 0.6) is 0 Å². The molecule has 0 bridgehead atoms. The molecule has 0 amide bonds. The van der Waals surface area contributed by atoms with E-state index >= 15 is 0 Å². The molecule has 20 heavy (non-hydrogen) atoms. The summed E-state index contributed by atoms with van der Waals surface area (Å²) in [4.78, 5) is 2.42. The van der Waals surface area contributed by atoms with Gasteiger partial charge in [-0.1, -0.05) is 52.0 Å². The van der Waals surface area contributed by atoms with Gasteiger partial charge in [-0.2, -0.15) is 0 Å². The average molecular weight is 276 g/mol. The van der Waals surface area contributed by atoms with E-state index in [4.69, 9.17) is 0 Å². The van der Waals surface area contributed by atoms with Gasteiger partial charge in [0.15, 0.2) is 0 Å². The molecule has 0 spiro atoms. The SMILES string of the molecule is CCCNC(CN(C)CCC)c1ccc(C(C)C)cc1. The fraction of sp³-hybridized carbons (Fsp3) is 0.667. The molecule has 2 nitrogen and oxygen atoms in total. The van der Waals surface area contributed by atoms with Crippen LogP contribution in [0.25, 0.3) is 0 Å². The minimum atomic E-state index is 0.438.